The quantitative estimate of drug-likeness (QED) is 0.336. The van der Waals surface area contributed by atoms with Gasteiger partial charge in [0, 0.05) is 24.6 Å². The lowest BCUT2D eigenvalue weighted by Crippen LogP contribution is -2.40. The summed E-state index contributed by atoms with van der Waals surface area (Å²) < 4.78 is 0. The van der Waals surface area contributed by atoms with Gasteiger partial charge in [0.1, 0.15) is 5.78 Å². The van der Waals surface area contributed by atoms with E-state index < -0.39 is 0 Å². The molecule has 0 bridgehead atoms. The molecule has 42 heavy (non-hydrogen) atoms. The van der Waals surface area contributed by atoms with Crippen LogP contribution in [-0.2, 0) is 16.6 Å². The van der Waals surface area contributed by atoms with Crippen LogP contribution in [0.25, 0.3) is 11.0 Å². The van der Waals surface area contributed by atoms with Crippen molar-refractivity contribution in [1.29, 1.82) is 0 Å². The molecule has 1 unspecified atom stereocenters. The van der Waals surface area contributed by atoms with Gasteiger partial charge in [-0.3, -0.25) is 9.59 Å². The standard InChI is InChI=1S/C30H35BNO2.C7H14O/c1-4-21-6-7-22(17-27(21)30(5-2)12-13-30)24-18-28(31-19-24)26-9-8-23(16-20(26)3)29(34)32-14-10-25(33)11-15-32;1-5(2)6(3)7(4)8/h6-9,16-19,25,33H,4-5,10-15H2,1-3H3;5-6H,1-4H3. The van der Waals surface area contributed by atoms with Crippen LogP contribution in [0.3, 0.4) is 0 Å². The summed E-state index contributed by atoms with van der Waals surface area (Å²) >= 11 is 0. The maximum Gasteiger partial charge on any atom is 0.253 e. The number of carbonyl (C=O) groups excluding carboxylic acids is 2. The van der Waals surface area contributed by atoms with Gasteiger partial charge in [-0.2, -0.15) is 0 Å². The summed E-state index contributed by atoms with van der Waals surface area (Å²) in [4.78, 5) is 25.4. The molecule has 223 valence electrons. The molecule has 5 heteroatoms. The predicted molar refractivity (Wildman–Crippen MR) is 176 cm³/mol. The number of hydrogen-bond donors (Lipinski definition) is 1. The first-order valence-electron chi connectivity index (χ1n) is 16.0. The van der Waals surface area contributed by atoms with E-state index in [0.29, 0.717) is 43.0 Å². The van der Waals surface area contributed by atoms with Gasteiger partial charge in [-0.15, -0.1) is 5.98 Å². The van der Waals surface area contributed by atoms with Gasteiger partial charge in [0.15, 0.2) is 7.28 Å². The highest BCUT2D eigenvalue weighted by Gasteiger charge is 2.43. The summed E-state index contributed by atoms with van der Waals surface area (Å²) in [5, 5.41) is 9.73. The molecule has 2 heterocycles. The van der Waals surface area contributed by atoms with Crippen molar-refractivity contribution in [3.63, 3.8) is 0 Å². The maximum atomic E-state index is 12.9. The minimum Gasteiger partial charge on any atom is -0.393 e. The molecule has 1 saturated carbocycles. The number of likely N-dealkylation sites (tertiary alicyclic amines) is 1. The molecule has 1 N–H and O–H groups in total. The number of nitrogens with zero attached hydrogens (tertiary/aromatic N) is 1. The minimum absolute atomic E-state index is 0.0678. The summed E-state index contributed by atoms with van der Waals surface area (Å²) in [5.74, 6) is 3.31. The molecule has 1 radical (unpaired) electrons. The number of aliphatic hydroxyl groups is 1. The third-order valence-electron chi connectivity index (χ3n) is 9.86. The van der Waals surface area contributed by atoms with E-state index in [-0.39, 0.29) is 17.9 Å². The fraction of sp³-hybridized carbons (Fsp3) is 0.514. The summed E-state index contributed by atoms with van der Waals surface area (Å²) in [5.41, 5.74) is 10.2. The number of rotatable bonds is 8. The predicted octanol–water partition coefficient (Wildman–Crippen LogP) is 7.56. The van der Waals surface area contributed by atoms with Gasteiger partial charge in [0.05, 0.1) is 6.10 Å². The molecular weight excluding hydrogens is 517 g/mol. The Labute approximate surface area is 254 Å². The molecule has 2 aliphatic heterocycles. The molecular formula is C37H49BNO3. The largest absolute Gasteiger partial charge is 0.393 e. The molecule has 0 spiro atoms. The number of aliphatic hydroxyl groups excluding tert-OH is 1. The third kappa shape index (κ3) is 7.17. The number of Topliss-reactive ketones (excluding diaryl/α,β-unsaturated/α-hetero) is 1. The monoisotopic (exact) mass is 566 g/mol. The first kappa shape index (κ1) is 32.0. The smallest absolute Gasteiger partial charge is 0.253 e. The van der Waals surface area contributed by atoms with E-state index >= 15 is 0 Å². The fourth-order valence-corrected chi connectivity index (χ4v) is 6.15. The molecule has 1 amide bonds. The Morgan fingerprint density at radius 3 is 2.26 bits per heavy atom. The lowest BCUT2D eigenvalue weighted by Gasteiger charge is -2.29. The van der Waals surface area contributed by atoms with Crippen molar-refractivity contribution < 1.29 is 14.7 Å². The maximum absolute atomic E-state index is 12.9. The van der Waals surface area contributed by atoms with Crippen LogP contribution in [0.5, 0.6) is 0 Å². The van der Waals surface area contributed by atoms with E-state index in [2.05, 4.69) is 78.2 Å². The van der Waals surface area contributed by atoms with E-state index in [1.807, 2.05) is 24.0 Å². The first-order valence-corrected chi connectivity index (χ1v) is 16.0. The molecule has 1 saturated heterocycles. The van der Waals surface area contributed by atoms with Crippen molar-refractivity contribution in [3.8, 4) is 0 Å². The van der Waals surface area contributed by atoms with Crippen molar-refractivity contribution in [2.24, 2.45) is 11.8 Å². The minimum atomic E-state index is -0.272. The number of amides is 1. The molecule has 5 rings (SSSR count). The molecule has 2 fully saturated rings. The molecule has 2 aromatic carbocycles. The number of ketones is 1. The number of hydrogen-bond acceptors (Lipinski definition) is 3. The van der Waals surface area contributed by atoms with E-state index in [4.69, 9.17) is 0 Å². The average molecular weight is 567 g/mol. The van der Waals surface area contributed by atoms with Crippen LogP contribution in [0.4, 0.5) is 0 Å². The summed E-state index contributed by atoms with van der Waals surface area (Å²) in [7, 11) is 2.20. The molecule has 0 aromatic heterocycles. The first-order chi connectivity index (χ1) is 20.0. The Hall–Kier alpha value is -2.92. The normalized spacial score (nSPS) is 18.5. The van der Waals surface area contributed by atoms with E-state index in [0.717, 1.165) is 17.5 Å². The summed E-state index contributed by atoms with van der Waals surface area (Å²) in [6.45, 7) is 15.7. The zero-order chi connectivity index (χ0) is 30.6. The van der Waals surface area contributed by atoms with Crippen molar-refractivity contribution in [2.75, 3.05) is 13.1 Å². The summed E-state index contributed by atoms with van der Waals surface area (Å²) in [6.07, 6.45) is 8.28. The zero-order valence-electron chi connectivity index (χ0n) is 26.8. The molecule has 1 atom stereocenters. The molecule has 1 aliphatic carbocycles. The second kappa shape index (κ2) is 13.6. The number of carbonyl (C=O) groups is 2. The van der Waals surface area contributed by atoms with Gasteiger partial charge in [-0.05, 0) is 109 Å². The van der Waals surface area contributed by atoms with Crippen LogP contribution >= 0.6 is 0 Å². The molecule has 2 aromatic rings. The Bertz CT molecular complexity index is 1360. The van der Waals surface area contributed by atoms with Crippen molar-refractivity contribution in [1.82, 2.24) is 4.90 Å². The number of benzene rings is 2. The molecule has 3 aliphatic rings. The van der Waals surface area contributed by atoms with Crippen LogP contribution in [0.1, 0.15) is 112 Å². The lowest BCUT2D eigenvalue weighted by molar-refractivity contribution is -0.121. The van der Waals surface area contributed by atoms with Crippen molar-refractivity contribution in [2.45, 2.75) is 98.5 Å². The van der Waals surface area contributed by atoms with Crippen LogP contribution in [0.2, 0.25) is 0 Å². The second-order valence-corrected chi connectivity index (χ2v) is 12.9. The Kier molecular flexibility index (Phi) is 10.4. The van der Waals surface area contributed by atoms with Crippen molar-refractivity contribution >= 4 is 30.0 Å². The highest BCUT2D eigenvalue weighted by Crippen LogP contribution is 2.52. The Morgan fingerprint density at radius 2 is 1.74 bits per heavy atom. The van der Waals surface area contributed by atoms with Gasteiger partial charge >= 0.3 is 0 Å². The van der Waals surface area contributed by atoms with Gasteiger partial charge in [-0.25, -0.2) is 0 Å². The van der Waals surface area contributed by atoms with Gasteiger partial charge in [0.2, 0.25) is 0 Å². The topological polar surface area (TPSA) is 57.6 Å². The number of aryl methyl sites for hydroxylation is 2. The number of allylic oxidation sites excluding steroid dienone is 2. The molecule has 4 nitrogen and oxygen atoms in total. The highest BCUT2D eigenvalue weighted by molar-refractivity contribution is 6.69. The SMILES string of the molecule is CC(=O)C(C)C(C)C.CCc1ccc(C2=C[B]C(c3ccc(C(=O)N4CCC(O)CC4)cc3C)=C2)cc1C1(CC)CC1. The average Bonchev–Trinajstić information content (AvgIpc) is 3.64. The lowest BCUT2D eigenvalue weighted by atomic mass is 9.69. The van der Waals surface area contributed by atoms with E-state index in [9.17, 15) is 14.7 Å². The van der Waals surface area contributed by atoms with Crippen LogP contribution in [-0.4, -0.2) is 48.2 Å². The van der Waals surface area contributed by atoms with Crippen molar-refractivity contribution in [3.05, 3.63) is 81.8 Å². The van der Waals surface area contributed by atoms with Gasteiger partial charge < -0.3 is 10.0 Å². The fourth-order valence-electron chi connectivity index (χ4n) is 6.15. The van der Waals surface area contributed by atoms with E-state index in [1.165, 1.54) is 47.0 Å². The Balaban J connectivity index is 0.000000446. The Morgan fingerprint density at radius 1 is 1.05 bits per heavy atom. The van der Waals surface area contributed by atoms with Crippen LogP contribution in [0, 0.1) is 18.8 Å². The zero-order valence-corrected chi connectivity index (χ0v) is 26.8. The van der Waals surface area contributed by atoms with Gasteiger partial charge in [-0.1, -0.05) is 70.4 Å². The highest BCUT2D eigenvalue weighted by atomic mass is 16.3. The van der Waals surface area contributed by atoms with E-state index in [1.54, 1.807) is 12.5 Å². The summed E-state index contributed by atoms with van der Waals surface area (Å²) in [6, 6.07) is 13.1. The number of piperidine rings is 1. The van der Waals surface area contributed by atoms with Crippen LogP contribution < -0.4 is 0 Å². The van der Waals surface area contributed by atoms with Crippen LogP contribution in [0.15, 0.2) is 48.4 Å². The van der Waals surface area contributed by atoms with Gasteiger partial charge in [0.25, 0.3) is 5.91 Å². The third-order valence-corrected chi connectivity index (χ3v) is 9.86. The second-order valence-electron chi connectivity index (χ2n) is 12.9.